The van der Waals surface area contributed by atoms with Crippen molar-refractivity contribution >= 4 is 40.9 Å². The predicted octanol–water partition coefficient (Wildman–Crippen LogP) is 2.60. The summed E-state index contributed by atoms with van der Waals surface area (Å²) in [5.74, 6) is -1.38. The van der Waals surface area contributed by atoms with E-state index in [4.69, 9.17) is 16.7 Å². The summed E-state index contributed by atoms with van der Waals surface area (Å²) in [7, 11) is 0. The Kier molecular flexibility index (Phi) is 4.87. The van der Waals surface area contributed by atoms with Crippen LogP contribution in [0.5, 0.6) is 0 Å². The smallest absolute Gasteiger partial charge is 0.325 e. The normalized spacial score (nSPS) is 10.4. The highest BCUT2D eigenvalue weighted by Gasteiger charge is 2.13. The van der Waals surface area contributed by atoms with E-state index in [9.17, 15) is 9.59 Å². The minimum atomic E-state index is -1.01. The van der Waals surface area contributed by atoms with Crippen molar-refractivity contribution in [1.82, 2.24) is 9.78 Å². The third-order valence-corrected chi connectivity index (χ3v) is 3.66. The van der Waals surface area contributed by atoms with Gasteiger partial charge in [0.2, 0.25) is 0 Å². The second-order valence-corrected chi connectivity index (χ2v) is 5.41. The van der Waals surface area contributed by atoms with Crippen LogP contribution in [-0.4, -0.2) is 33.0 Å². The lowest BCUT2D eigenvalue weighted by atomic mass is 10.2. The molecule has 0 unspecified atom stereocenters. The quantitative estimate of drug-likeness (QED) is 0.825. The van der Waals surface area contributed by atoms with E-state index in [0.29, 0.717) is 16.3 Å². The largest absolute Gasteiger partial charge is 0.480 e. The zero-order valence-corrected chi connectivity index (χ0v) is 12.6. The maximum Gasteiger partial charge on any atom is 0.325 e. The van der Waals surface area contributed by atoms with Gasteiger partial charge in [0.15, 0.2) is 0 Å². The molecule has 6 nitrogen and oxygen atoms in total. The van der Waals surface area contributed by atoms with Gasteiger partial charge in [0, 0.05) is 11.1 Å². The zero-order valence-electron chi connectivity index (χ0n) is 11.0. The van der Waals surface area contributed by atoms with Crippen LogP contribution in [-0.2, 0) is 11.3 Å². The number of carbonyl (C=O) groups is 2. The molecule has 0 fully saturated rings. The predicted molar refractivity (Wildman–Crippen MR) is 81.0 cm³/mol. The number of carboxylic acids is 1. The van der Waals surface area contributed by atoms with Crippen molar-refractivity contribution in [3.05, 3.63) is 41.2 Å². The summed E-state index contributed by atoms with van der Waals surface area (Å²) in [6.45, 7) is -0.265. The number of carboxylic acid groups (broad SMARTS) is 1. The van der Waals surface area contributed by atoms with Crippen LogP contribution in [0.1, 0.15) is 10.4 Å². The molecule has 1 heterocycles. The Labute approximate surface area is 130 Å². The lowest BCUT2D eigenvalue weighted by Gasteiger charge is -2.06. The molecule has 21 heavy (non-hydrogen) atoms. The highest BCUT2D eigenvalue weighted by molar-refractivity contribution is 7.98. The fourth-order valence-electron chi connectivity index (χ4n) is 1.66. The van der Waals surface area contributed by atoms with E-state index >= 15 is 0 Å². The summed E-state index contributed by atoms with van der Waals surface area (Å²) in [5.41, 5.74) is 0.765. The SMILES string of the molecule is CSc1ccc(Cl)c(C(=O)Nc2cnn(CC(=O)O)c2)c1. The Morgan fingerprint density at radius 1 is 1.48 bits per heavy atom. The van der Waals surface area contributed by atoms with Gasteiger partial charge in [0.05, 0.1) is 22.5 Å². The highest BCUT2D eigenvalue weighted by atomic mass is 35.5. The maximum atomic E-state index is 12.2. The molecule has 8 heteroatoms. The minimum Gasteiger partial charge on any atom is -0.480 e. The monoisotopic (exact) mass is 325 g/mol. The topological polar surface area (TPSA) is 84.2 Å². The molecule has 0 aliphatic rings. The van der Waals surface area contributed by atoms with Crippen LogP contribution >= 0.6 is 23.4 Å². The lowest BCUT2D eigenvalue weighted by Crippen LogP contribution is -2.12. The molecule has 1 aromatic carbocycles. The van der Waals surface area contributed by atoms with E-state index in [1.54, 1.807) is 12.1 Å². The number of rotatable bonds is 5. The van der Waals surface area contributed by atoms with Gasteiger partial charge in [0.1, 0.15) is 6.54 Å². The molecule has 1 amide bonds. The first kappa shape index (κ1) is 15.4. The Hall–Kier alpha value is -1.99. The zero-order chi connectivity index (χ0) is 15.4. The van der Waals surface area contributed by atoms with Crippen LogP contribution in [0.25, 0.3) is 0 Å². The molecule has 110 valence electrons. The highest BCUT2D eigenvalue weighted by Crippen LogP contribution is 2.23. The average molecular weight is 326 g/mol. The maximum absolute atomic E-state index is 12.2. The Balaban J connectivity index is 2.14. The summed E-state index contributed by atoms with van der Waals surface area (Å²) in [4.78, 5) is 23.7. The molecule has 0 bridgehead atoms. The van der Waals surface area contributed by atoms with Crippen LogP contribution in [0.3, 0.4) is 0 Å². The first-order chi connectivity index (χ1) is 9.99. The number of halogens is 1. The number of amides is 1. The Morgan fingerprint density at radius 2 is 2.24 bits per heavy atom. The van der Waals surface area contributed by atoms with Gasteiger partial charge in [-0.15, -0.1) is 11.8 Å². The number of nitrogens with one attached hydrogen (secondary N) is 1. The van der Waals surface area contributed by atoms with Crippen molar-refractivity contribution in [2.75, 3.05) is 11.6 Å². The number of hydrogen-bond donors (Lipinski definition) is 2. The number of thioether (sulfide) groups is 1. The van der Waals surface area contributed by atoms with Gasteiger partial charge >= 0.3 is 5.97 Å². The lowest BCUT2D eigenvalue weighted by molar-refractivity contribution is -0.137. The van der Waals surface area contributed by atoms with E-state index in [2.05, 4.69) is 10.4 Å². The summed E-state index contributed by atoms with van der Waals surface area (Å²) < 4.78 is 1.22. The van der Waals surface area contributed by atoms with E-state index in [0.717, 1.165) is 4.90 Å². The van der Waals surface area contributed by atoms with Crippen molar-refractivity contribution in [3.63, 3.8) is 0 Å². The summed E-state index contributed by atoms with van der Waals surface area (Å²) in [6, 6.07) is 5.19. The van der Waals surface area contributed by atoms with Gasteiger partial charge < -0.3 is 10.4 Å². The molecule has 0 saturated heterocycles. The molecular weight excluding hydrogens is 314 g/mol. The molecule has 0 spiro atoms. The van der Waals surface area contributed by atoms with Crippen LogP contribution in [0.2, 0.25) is 5.02 Å². The average Bonchev–Trinajstić information content (AvgIpc) is 2.85. The van der Waals surface area contributed by atoms with Crippen LogP contribution in [0.4, 0.5) is 5.69 Å². The van der Waals surface area contributed by atoms with Gasteiger partial charge in [-0.2, -0.15) is 5.10 Å². The first-order valence-electron chi connectivity index (χ1n) is 5.88. The number of aromatic nitrogens is 2. The van der Waals surface area contributed by atoms with Crippen molar-refractivity contribution in [1.29, 1.82) is 0 Å². The second kappa shape index (κ2) is 6.64. The fraction of sp³-hybridized carbons (Fsp3) is 0.154. The summed E-state index contributed by atoms with van der Waals surface area (Å²) in [6.07, 6.45) is 4.73. The standard InChI is InChI=1S/C13H12ClN3O3S/c1-21-9-2-3-11(14)10(4-9)13(20)16-8-5-15-17(6-8)7-12(18)19/h2-6H,7H2,1H3,(H,16,20)(H,18,19). The number of anilines is 1. The van der Waals surface area contributed by atoms with Crippen molar-refractivity contribution in [2.45, 2.75) is 11.4 Å². The third-order valence-electron chi connectivity index (χ3n) is 2.61. The Bertz CT molecular complexity index is 687. The van der Waals surface area contributed by atoms with E-state index < -0.39 is 5.97 Å². The van der Waals surface area contributed by atoms with Crippen LogP contribution in [0, 0.1) is 0 Å². The molecule has 0 saturated carbocycles. The van der Waals surface area contributed by atoms with E-state index in [-0.39, 0.29) is 12.5 Å². The first-order valence-corrected chi connectivity index (χ1v) is 7.49. The molecule has 1 aromatic heterocycles. The number of benzene rings is 1. The van der Waals surface area contributed by atoms with Gasteiger partial charge in [-0.05, 0) is 24.5 Å². The van der Waals surface area contributed by atoms with Gasteiger partial charge in [0.25, 0.3) is 5.91 Å². The number of nitrogens with zero attached hydrogens (tertiary/aromatic N) is 2. The van der Waals surface area contributed by atoms with Crippen LogP contribution < -0.4 is 5.32 Å². The Morgan fingerprint density at radius 3 is 2.90 bits per heavy atom. The van der Waals surface area contributed by atoms with Crippen molar-refractivity contribution < 1.29 is 14.7 Å². The molecule has 0 atom stereocenters. The molecule has 0 radical (unpaired) electrons. The van der Waals surface area contributed by atoms with Gasteiger partial charge in [-0.3, -0.25) is 14.3 Å². The van der Waals surface area contributed by atoms with Crippen molar-refractivity contribution in [3.8, 4) is 0 Å². The van der Waals surface area contributed by atoms with Crippen LogP contribution in [0.15, 0.2) is 35.5 Å². The van der Waals surface area contributed by atoms with E-state index in [1.165, 1.54) is 28.8 Å². The second-order valence-electron chi connectivity index (χ2n) is 4.12. The van der Waals surface area contributed by atoms with Crippen molar-refractivity contribution in [2.24, 2.45) is 0 Å². The minimum absolute atomic E-state index is 0.265. The van der Waals surface area contributed by atoms with Gasteiger partial charge in [-0.25, -0.2) is 0 Å². The molecule has 0 aliphatic heterocycles. The molecule has 2 N–H and O–H groups in total. The number of aliphatic carboxylic acids is 1. The summed E-state index contributed by atoms with van der Waals surface area (Å²) in [5, 5.41) is 15.5. The number of carbonyl (C=O) groups excluding carboxylic acids is 1. The molecular formula is C13H12ClN3O3S. The fourth-order valence-corrected chi connectivity index (χ4v) is 2.30. The summed E-state index contributed by atoms with van der Waals surface area (Å²) >= 11 is 7.53. The van der Waals surface area contributed by atoms with Gasteiger partial charge in [-0.1, -0.05) is 11.6 Å². The molecule has 2 rings (SSSR count). The molecule has 2 aromatic rings. The number of hydrogen-bond acceptors (Lipinski definition) is 4. The third kappa shape index (κ3) is 3.99. The van der Waals surface area contributed by atoms with E-state index in [1.807, 2.05) is 12.3 Å². The molecule has 0 aliphatic carbocycles.